The van der Waals surface area contributed by atoms with Crippen LogP contribution < -0.4 is 10.9 Å². The van der Waals surface area contributed by atoms with Crippen molar-refractivity contribution >= 4 is 21.4 Å². The number of rotatable bonds is 4. The lowest BCUT2D eigenvalue weighted by Gasteiger charge is -2.07. The van der Waals surface area contributed by atoms with Crippen LogP contribution >= 0.6 is 0 Å². The van der Waals surface area contributed by atoms with E-state index in [0.29, 0.717) is 5.69 Å². The van der Waals surface area contributed by atoms with Gasteiger partial charge in [-0.25, -0.2) is 8.42 Å². The molecule has 1 aromatic heterocycles. The number of anilines is 1. The molecule has 0 saturated carbocycles. The molecule has 1 N–H and O–H groups in total. The lowest BCUT2D eigenvalue weighted by molar-refractivity contribution is 0.102. The summed E-state index contributed by atoms with van der Waals surface area (Å²) in [6.45, 7) is 1.57. The lowest BCUT2D eigenvalue weighted by atomic mass is 10.2. The Hall–Kier alpha value is -2.41. The van der Waals surface area contributed by atoms with Gasteiger partial charge in [0.2, 0.25) is 0 Å². The quantitative estimate of drug-likeness (QED) is 0.923. The van der Waals surface area contributed by atoms with E-state index in [1.807, 2.05) is 0 Å². The van der Waals surface area contributed by atoms with E-state index in [0.717, 1.165) is 0 Å². The molecule has 0 saturated heterocycles. The van der Waals surface area contributed by atoms with E-state index in [-0.39, 0.29) is 21.8 Å². The average molecular weight is 320 g/mol. The molecule has 0 bridgehead atoms. The molecule has 0 atom stereocenters. The number of amides is 1. The Morgan fingerprint density at radius 3 is 2.36 bits per heavy atom. The van der Waals surface area contributed by atoms with Gasteiger partial charge in [0.15, 0.2) is 9.84 Å². The Kier molecular flexibility index (Phi) is 4.46. The number of aryl methyl sites for hydroxylation is 1. The summed E-state index contributed by atoms with van der Waals surface area (Å²) >= 11 is 0. The van der Waals surface area contributed by atoms with Crippen molar-refractivity contribution in [1.29, 1.82) is 0 Å². The van der Waals surface area contributed by atoms with Gasteiger partial charge in [0.1, 0.15) is 0 Å². The fourth-order valence-electron chi connectivity index (χ4n) is 1.81. The summed E-state index contributed by atoms with van der Waals surface area (Å²) < 4.78 is 24.8. The molecule has 1 aromatic carbocycles. The van der Waals surface area contributed by atoms with Crippen LogP contribution in [0.4, 0.5) is 5.69 Å². The number of nitrogens with zero attached hydrogens (tertiary/aromatic N) is 1. The number of carbonyl (C=O) groups excluding carboxylic acids is 1. The van der Waals surface area contributed by atoms with Crippen LogP contribution in [0.2, 0.25) is 0 Å². The molecular weight excluding hydrogens is 304 g/mol. The third kappa shape index (κ3) is 3.43. The number of hydrogen-bond donors (Lipinski definition) is 1. The first-order chi connectivity index (χ1) is 10.3. The van der Waals surface area contributed by atoms with Crippen LogP contribution in [0.1, 0.15) is 17.3 Å². The molecular formula is C15H16N2O4S. The maximum absolute atomic E-state index is 12.0. The van der Waals surface area contributed by atoms with Crippen molar-refractivity contribution in [2.75, 3.05) is 11.1 Å². The highest BCUT2D eigenvalue weighted by Crippen LogP contribution is 2.16. The van der Waals surface area contributed by atoms with Crippen molar-refractivity contribution in [3.63, 3.8) is 0 Å². The third-order valence-corrected chi connectivity index (χ3v) is 4.97. The summed E-state index contributed by atoms with van der Waals surface area (Å²) in [5.74, 6) is -0.407. The van der Waals surface area contributed by atoms with Crippen LogP contribution in [-0.4, -0.2) is 24.6 Å². The maximum atomic E-state index is 12.0. The molecule has 0 aliphatic rings. The van der Waals surface area contributed by atoms with Gasteiger partial charge in [-0.05, 0) is 30.3 Å². The van der Waals surface area contributed by atoms with E-state index in [4.69, 9.17) is 0 Å². The van der Waals surface area contributed by atoms with Crippen molar-refractivity contribution in [1.82, 2.24) is 4.57 Å². The second kappa shape index (κ2) is 6.15. The minimum absolute atomic E-state index is 0.0199. The highest BCUT2D eigenvalue weighted by molar-refractivity contribution is 7.91. The predicted molar refractivity (Wildman–Crippen MR) is 83.8 cm³/mol. The lowest BCUT2D eigenvalue weighted by Crippen LogP contribution is -2.20. The van der Waals surface area contributed by atoms with Gasteiger partial charge in [0, 0.05) is 30.6 Å². The van der Waals surface area contributed by atoms with Gasteiger partial charge in [0.05, 0.1) is 10.6 Å². The Morgan fingerprint density at radius 2 is 1.82 bits per heavy atom. The topological polar surface area (TPSA) is 85.2 Å². The fraction of sp³-hybridized carbons (Fsp3) is 0.200. The van der Waals surface area contributed by atoms with Gasteiger partial charge in [-0.3, -0.25) is 9.59 Å². The smallest absolute Gasteiger partial charge is 0.255 e. The first-order valence-corrected chi connectivity index (χ1v) is 8.29. The van der Waals surface area contributed by atoms with E-state index in [1.54, 1.807) is 14.0 Å². The summed E-state index contributed by atoms with van der Waals surface area (Å²) in [6.07, 6.45) is 1.51. The number of nitrogens with one attached hydrogen (secondary N) is 1. The molecule has 7 heteroatoms. The minimum Gasteiger partial charge on any atom is -0.322 e. The van der Waals surface area contributed by atoms with E-state index in [9.17, 15) is 18.0 Å². The molecule has 2 aromatic rings. The number of benzene rings is 1. The Balaban J connectivity index is 2.18. The first-order valence-electron chi connectivity index (χ1n) is 6.64. The van der Waals surface area contributed by atoms with Crippen molar-refractivity contribution in [3.8, 4) is 0 Å². The molecule has 0 aliphatic heterocycles. The van der Waals surface area contributed by atoms with E-state index >= 15 is 0 Å². The maximum Gasteiger partial charge on any atom is 0.255 e. The van der Waals surface area contributed by atoms with Crippen LogP contribution in [0.25, 0.3) is 0 Å². The van der Waals surface area contributed by atoms with Gasteiger partial charge in [-0.2, -0.15) is 0 Å². The molecule has 0 radical (unpaired) electrons. The number of aromatic nitrogens is 1. The SMILES string of the molecule is CCS(=O)(=O)c1ccc(NC(=O)c2ccn(C)c(=O)c2)cc1. The molecule has 116 valence electrons. The van der Waals surface area contributed by atoms with Crippen LogP contribution in [-0.2, 0) is 16.9 Å². The monoisotopic (exact) mass is 320 g/mol. The highest BCUT2D eigenvalue weighted by Gasteiger charge is 2.12. The van der Waals surface area contributed by atoms with Gasteiger partial charge in [0.25, 0.3) is 11.5 Å². The second-order valence-electron chi connectivity index (χ2n) is 4.75. The molecule has 0 fully saturated rings. The molecule has 6 nitrogen and oxygen atoms in total. The Bertz CT molecular complexity index is 852. The highest BCUT2D eigenvalue weighted by atomic mass is 32.2. The minimum atomic E-state index is -3.26. The Labute approximate surface area is 128 Å². The summed E-state index contributed by atoms with van der Waals surface area (Å²) in [5, 5.41) is 2.62. The second-order valence-corrected chi connectivity index (χ2v) is 7.02. The number of hydrogen-bond acceptors (Lipinski definition) is 4. The number of pyridine rings is 1. The zero-order valence-electron chi connectivity index (χ0n) is 12.2. The summed E-state index contributed by atoms with van der Waals surface area (Å²) in [7, 11) is -1.67. The average Bonchev–Trinajstić information content (AvgIpc) is 2.50. The molecule has 0 unspecified atom stereocenters. The van der Waals surface area contributed by atoms with E-state index < -0.39 is 15.7 Å². The molecule has 0 spiro atoms. The Morgan fingerprint density at radius 1 is 1.18 bits per heavy atom. The van der Waals surface area contributed by atoms with Crippen molar-refractivity contribution in [2.45, 2.75) is 11.8 Å². The van der Waals surface area contributed by atoms with E-state index in [1.165, 1.54) is 47.2 Å². The van der Waals surface area contributed by atoms with Gasteiger partial charge in [-0.15, -0.1) is 0 Å². The normalized spacial score (nSPS) is 11.2. The summed E-state index contributed by atoms with van der Waals surface area (Å²) in [4.78, 5) is 23.7. The first kappa shape index (κ1) is 16.0. The molecule has 2 rings (SSSR count). The van der Waals surface area contributed by atoms with Crippen LogP contribution in [0, 0.1) is 0 Å². The third-order valence-electron chi connectivity index (χ3n) is 3.22. The largest absolute Gasteiger partial charge is 0.322 e. The number of carbonyl (C=O) groups is 1. The zero-order valence-corrected chi connectivity index (χ0v) is 13.1. The van der Waals surface area contributed by atoms with Gasteiger partial charge >= 0.3 is 0 Å². The van der Waals surface area contributed by atoms with Gasteiger partial charge in [-0.1, -0.05) is 6.92 Å². The summed E-state index contributed by atoms with van der Waals surface area (Å²) in [5.41, 5.74) is 0.422. The molecule has 0 aliphatic carbocycles. The van der Waals surface area contributed by atoms with Crippen molar-refractivity contribution in [2.24, 2.45) is 7.05 Å². The molecule has 22 heavy (non-hydrogen) atoms. The van der Waals surface area contributed by atoms with Crippen LogP contribution in [0.3, 0.4) is 0 Å². The number of sulfone groups is 1. The van der Waals surface area contributed by atoms with Gasteiger partial charge < -0.3 is 9.88 Å². The fourth-order valence-corrected chi connectivity index (χ4v) is 2.69. The van der Waals surface area contributed by atoms with Crippen LogP contribution in [0.5, 0.6) is 0 Å². The zero-order chi connectivity index (χ0) is 16.3. The predicted octanol–water partition coefficient (Wildman–Crippen LogP) is 1.43. The standard InChI is InChI=1S/C15H16N2O4S/c1-3-22(20,21)13-6-4-12(5-7-13)16-15(19)11-8-9-17(2)14(18)10-11/h4-10H,3H2,1-2H3,(H,16,19). The van der Waals surface area contributed by atoms with Crippen LogP contribution in [0.15, 0.2) is 52.3 Å². The van der Waals surface area contributed by atoms with E-state index in [2.05, 4.69) is 5.32 Å². The summed E-state index contributed by atoms with van der Waals surface area (Å²) in [6, 6.07) is 8.69. The van der Waals surface area contributed by atoms with Crippen molar-refractivity contribution < 1.29 is 13.2 Å². The van der Waals surface area contributed by atoms with Crippen molar-refractivity contribution in [3.05, 3.63) is 58.5 Å². The molecule has 1 amide bonds. The molecule has 1 heterocycles.